The van der Waals surface area contributed by atoms with Crippen LogP contribution in [-0.2, 0) is 32.0 Å². The Hall–Kier alpha value is -3.66. The van der Waals surface area contributed by atoms with Crippen molar-refractivity contribution in [2.24, 2.45) is 5.73 Å². The highest BCUT2D eigenvalue weighted by atomic mass is 16.5. The number of aromatic nitrogens is 3. The summed E-state index contributed by atoms with van der Waals surface area (Å²) in [6.07, 6.45) is 5.38. The molecule has 0 radical (unpaired) electrons. The van der Waals surface area contributed by atoms with Gasteiger partial charge < -0.3 is 31.1 Å². The lowest BCUT2D eigenvalue weighted by atomic mass is 10.0. The van der Waals surface area contributed by atoms with Crippen LogP contribution in [-0.4, -0.2) is 58.0 Å². The average molecular weight is 426 g/mol. The fraction of sp³-hybridized carbons (Fsp3) is 0.333. The van der Waals surface area contributed by atoms with E-state index in [2.05, 4.69) is 30.3 Å². The van der Waals surface area contributed by atoms with Gasteiger partial charge in [0.15, 0.2) is 0 Å². The number of nitrogens with one attached hydrogen (secondary N) is 4. The Balaban J connectivity index is 1.76. The van der Waals surface area contributed by atoms with Gasteiger partial charge in [-0.2, -0.15) is 0 Å². The van der Waals surface area contributed by atoms with E-state index < -0.39 is 35.9 Å². The van der Waals surface area contributed by atoms with E-state index in [9.17, 15) is 14.4 Å². The monoisotopic (exact) mass is 426 g/mol. The first-order valence-electron chi connectivity index (χ1n) is 9.85. The number of hydrogen-bond acceptors (Lipinski definition) is 6. The number of para-hydroxylation sites is 1. The molecule has 0 unspecified atom stereocenters. The van der Waals surface area contributed by atoms with Crippen LogP contribution in [0, 0.1) is 0 Å². The van der Waals surface area contributed by atoms with Gasteiger partial charge in [0.25, 0.3) is 0 Å². The first-order chi connectivity index (χ1) is 14.9. The maximum absolute atomic E-state index is 12.9. The molecule has 0 saturated heterocycles. The molecule has 31 heavy (non-hydrogen) atoms. The minimum atomic E-state index is -0.941. The van der Waals surface area contributed by atoms with E-state index in [1.54, 1.807) is 12.4 Å². The van der Waals surface area contributed by atoms with Gasteiger partial charge in [-0.3, -0.25) is 9.59 Å². The van der Waals surface area contributed by atoms with Crippen molar-refractivity contribution in [2.45, 2.75) is 37.9 Å². The van der Waals surface area contributed by atoms with Gasteiger partial charge in [0.05, 0.1) is 25.2 Å². The van der Waals surface area contributed by atoms with Crippen LogP contribution >= 0.6 is 0 Å². The molecular formula is C21H26N6O4. The number of esters is 1. The van der Waals surface area contributed by atoms with E-state index in [-0.39, 0.29) is 12.8 Å². The molecule has 0 aliphatic heterocycles. The van der Waals surface area contributed by atoms with Crippen molar-refractivity contribution in [1.82, 2.24) is 25.6 Å². The highest BCUT2D eigenvalue weighted by Gasteiger charge is 2.28. The second-order valence-electron chi connectivity index (χ2n) is 7.25. The Bertz CT molecular complexity index is 1050. The molecule has 0 spiro atoms. The van der Waals surface area contributed by atoms with E-state index in [4.69, 9.17) is 5.73 Å². The van der Waals surface area contributed by atoms with Crippen LogP contribution in [0.25, 0.3) is 10.9 Å². The number of nitrogens with zero attached hydrogens (tertiary/aromatic N) is 1. The number of hydrogen-bond donors (Lipinski definition) is 5. The van der Waals surface area contributed by atoms with Gasteiger partial charge in [-0.15, -0.1) is 0 Å². The fourth-order valence-corrected chi connectivity index (χ4v) is 3.28. The number of carbonyl (C=O) groups is 3. The number of imidazole rings is 1. The molecule has 0 aliphatic carbocycles. The van der Waals surface area contributed by atoms with E-state index in [1.165, 1.54) is 20.4 Å². The summed E-state index contributed by atoms with van der Waals surface area (Å²) < 4.78 is 4.66. The molecule has 164 valence electrons. The van der Waals surface area contributed by atoms with Crippen LogP contribution < -0.4 is 16.4 Å². The van der Waals surface area contributed by atoms with E-state index in [0.717, 1.165) is 16.5 Å². The number of nitrogens with two attached hydrogens (primary N) is 1. The van der Waals surface area contributed by atoms with Crippen molar-refractivity contribution in [1.29, 1.82) is 0 Å². The zero-order valence-corrected chi connectivity index (χ0v) is 17.3. The molecule has 10 heteroatoms. The zero-order valence-electron chi connectivity index (χ0n) is 17.3. The fourth-order valence-electron chi connectivity index (χ4n) is 3.28. The van der Waals surface area contributed by atoms with Gasteiger partial charge in [0.2, 0.25) is 11.8 Å². The molecule has 2 amide bonds. The molecule has 0 bridgehead atoms. The molecule has 0 aliphatic rings. The Kier molecular flexibility index (Phi) is 7.03. The van der Waals surface area contributed by atoms with Crippen molar-refractivity contribution < 1.29 is 19.1 Å². The summed E-state index contributed by atoms with van der Waals surface area (Å²) in [7, 11) is 1.24. The first kappa shape index (κ1) is 22.0. The summed E-state index contributed by atoms with van der Waals surface area (Å²) in [6, 6.07) is 4.96. The molecule has 6 N–H and O–H groups in total. The second-order valence-corrected chi connectivity index (χ2v) is 7.25. The number of benzene rings is 1. The van der Waals surface area contributed by atoms with Crippen LogP contribution in [0.15, 0.2) is 43.0 Å². The van der Waals surface area contributed by atoms with Crippen molar-refractivity contribution in [3.05, 3.63) is 54.2 Å². The van der Waals surface area contributed by atoms with Crippen LogP contribution in [0.3, 0.4) is 0 Å². The molecule has 2 aromatic heterocycles. The van der Waals surface area contributed by atoms with E-state index in [1.807, 2.05) is 24.3 Å². The quantitative estimate of drug-likeness (QED) is 0.307. The predicted octanol–water partition coefficient (Wildman–Crippen LogP) is 0.166. The van der Waals surface area contributed by atoms with E-state index >= 15 is 0 Å². The minimum absolute atomic E-state index is 0.213. The standard InChI is InChI=1S/C21H26N6O4/c1-12(21(30)31-2)26-20(29)18(7-13-9-24-17-6-4-3-5-15(13)17)27-19(28)16(22)8-14-10-23-11-25-14/h3-6,9-12,16,18,24H,7-8,22H2,1-2H3,(H,23,25)(H,26,29)(H,27,28)/t12-,16-,18+/m0/s1. The summed E-state index contributed by atoms with van der Waals surface area (Å²) in [6.45, 7) is 1.51. The third kappa shape index (κ3) is 5.48. The molecule has 1 aromatic carbocycles. The van der Waals surface area contributed by atoms with Crippen molar-refractivity contribution in [2.75, 3.05) is 7.11 Å². The topological polar surface area (TPSA) is 155 Å². The molecule has 10 nitrogen and oxygen atoms in total. The smallest absolute Gasteiger partial charge is 0.328 e. The Labute approximate surface area is 178 Å². The number of fused-ring (bicyclic) bond motifs is 1. The summed E-state index contributed by atoms with van der Waals surface area (Å²) in [5.74, 6) is -1.59. The molecule has 0 saturated carbocycles. The number of carbonyl (C=O) groups excluding carboxylic acids is 3. The molecule has 3 rings (SSSR count). The maximum atomic E-state index is 12.9. The number of ether oxygens (including phenoxy) is 1. The lowest BCUT2D eigenvalue weighted by Gasteiger charge is -2.22. The summed E-state index contributed by atoms with van der Waals surface area (Å²) in [5.41, 5.74) is 8.42. The third-order valence-corrected chi connectivity index (χ3v) is 4.97. The molecule has 2 heterocycles. The van der Waals surface area contributed by atoms with Gasteiger partial charge >= 0.3 is 5.97 Å². The Morgan fingerprint density at radius 1 is 1.13 bits per heavy atom. The van der Waals surface area contributed by atoms with Crippen molar-refractivity contribution in [3.63, 3.8) is 0 Å². The normalized spacial score (nSPS) is 13.9. The van der Waals surface area contributed by atoms with E-state index in [0.29, 0.717) is 5.69 Å². The van der Waals surface area contributed by atoms with Gasteiger partial charge in [-0.05, 0) is 18.6 Å². The maximum Gasteiger partial charge on any atom is 0.328 e. The van der Waals surface area contributed by atoms with Crippen LogP contribution in [0.2, 0.25) is 0 Å². The SMILES string of the molecule is COC(=O)[C@H](C)NC(=O)[C@@H](Cc1c[nH]c2ccccc12)NC(=O)[C@@H](N)Cc1c[nH]cn1. The highest BCUT2D eigenvalue weighted by Crippen LogP contribution is 2.19. The summed E-state index contributed by atoms with van der Waals surface area (Å²) >= 11 is 0. The third-order valence-electron chi connectivity index (χ3n) is 4.97. The van der Waals surface area contributed by atoms with Gasteiger partial charge in [0, 0.05) is 36.1 Å². The summed E-state index contributed by atoms with van der Waals surface area (Å²) in [4.78, 5) is 47.3. The molecule has 0 fully saturated rings. The van der Waals surface area contributed by atoms with Gasteiger partial charge in [-0.1, -0.05) is 18.2 Å². The largest absolute Gasteiger partial charge is 0.467 e. The lowest BCUT2D eigenvalue weighted by molar-refractivity contribution is -0.144. The molecular weight excluding hydrogens is 400 g/mol. The number of H-pyrrole nitrogens is 2. The summed E-state index contributed by atoms with van der Waals surface area (Å²) in [5, 5.41) is 6.24. The number of rotatable bonds is 9. The minimum Gasteiger partial charge on any atom is -0.467 e. The van der Waals surface area contributed by atoms with Crippen LogP contribution in [0.5, 0.6) is 0 Å². The van der Waals surface area contributed by atoms with Crippen LogP contribution in [0.1, 0.15) is 18.2 Å². The van der Waals surface area contributed by atoms with Crippen molar-refractivity contribution >= 4 is 28.7 Å². The lowest BCUT2D eigenvalue weighted by Crippen LogP contribution is -2.55. The van der Waals surface area contributed by atoms with Gasteiger partial charge in [0.1, 0.15) is 12.1 Å². The Morgan fingerprint density at radius 2 is 1.90 bits per heavy atom. The number of methoxy groups -OCH3 is 1. The second kappa shape index (κ2) is 9.90. The molecule has 3 aromatic rings. The number of aromatic amines is 2. The Morgan fingerprint density at radius 3 is 2.61 bits per heavy atom. The van der Waals surface area contributed by atoms with Crippen molar-refractivity contribution in [3.8, 4) is 0 Å². The first-order valence-corrected chi connectivity index (χ1v) is 9.85. The van der Waals surface area contributed by atoms with Crippen LogP contribution in [0.4, 0.5) is 0 Å². The predicted molar refractivity (Wildman–Crippen MR) is 114 cm³/mol. The number of amides is 2. The van der Waals surface area contributed by atoms with Gasteiger partial charge in [-0.25, -0.2) is 9.78 Å². The molecule has 3 atom stereocenters. The zero-order chi connectivity index (χ0) is 22.4. The highest BCUT2D eigenvalue weighted by molar-refractivity contribution is 5.93. The average Bonchev–Trinajstić information content (AvgIpc) is 3.42.